The second kappa shape index (κ2) is 7.40. The number of benzene rings is 2. The highest BCUT2D eigenvalue weighted by Crippen LogP contribution is 2.13. The molecule has 0 bridgehead atoms. The van der Waals surface area contributed by atoms with Crippen LogP contribution in [0.1, 0.15) is 11.1 Å². The van der Waals surface area contributed by atoms with Crippen LogP contribution in [-0.4, -0.2) is 18.6 Å². The Morgan fingerprint density at radius 3 is 2.57 bits per heavy atom. The maximum atomic E-state index is 10.7. The Morgan fingerprint density at radius 2 is 1.90 bits per heavy atom. The first-order chi connectivity index (χ1) is 10.2. The minimum absolute atomic E-state index is 0.129. The van der Waals surface area contributed by atoms with Crippen LogP contribution in [-0.2, 0) is 13.0 Å². The number of hydrogen-bond acceptors (Lipinski definition) is 4. The van der Waals surface area contributed by atoms with Crippen LogP contribution in [0.3, 0.4) is 0 Å². The van der Waals surface area contributed by atoms with Gasteiger partial charge in [-0.3, -0.25) is 10.1 Å². The molecule has 2 rings (SSSR count). The van der Waals surface area contributed by atoms with Gasteiger partial charge in [0.15, 0.2) is 0 Å². The maximum absolute atomic E-state index is 10.7. The van der Waals surface area contributed by atoms with E-state index in [2.05, 4.69) is 5.32 Å². The Bertz CT molecular complexity index is 597. The van der Waals surface area contributed by atoms with Gasteiger partial charge in [0, 0.05) is 18.7 Å². The molecule has 0 heterocycles. The summed E-state index contributed by atoms with van der Waals surface area (Å²) in [4.78, 5) is 10.3. The Kier molecular flexibility index (Phi) is 5.29. The predicted octanol–water partition coefficient (Wildman–Crippen LogP) is 2.94. The van der Waals surface area contributed by atoms with Crippen LogP contribution in [0.25, 0.3) is 0 Å². The molecule has 110 valence electrons. The molecule has 0 aromatic heterocycles. The second-order valence-corrected chi connectivity index (χ2v) is 4.70. The van der Waals surface area contributed by atoms with Crippen molar-refractivity contribution in [2.24, 2.45) is 0 Å². The monoisotopic (exact) mass is 286 g/mol. The van der Waals surface area contributed by atoms with Gasteiger partial charge in [-0.2, -0.15) is 0 Å². The Morgan fingerprint density at radius 1 is 1.14 bits per heavy atom. The van der Waals surface area contributed by atoms with Crippen molar-refractivity contribution in [2.75, 3.05) is 13.7 Å². The van der Waals surface area contributed by atoms with Crippen molar-refractivity contribution >= 4 is 5.69 Å². The van der Waals surface area contributed by atoms with Crippen molar-refractivity contribution in [1.29, 1.82) is 0 Å². The quantitative estimate of drug-likeness (QED) is 0.483. The smallest absolute Gasteiger partial charge is 0.269 e. The molecule has 0 aliphatic rings. The van der Waals surface area contributed by atoms with Crippen molar-refractivity contribution in [3.05, 3.63) is 69.8 Å². The van der Waals surface area contributed by atoms with E-state index in [-0.39, 0.29) is 10.6 Å². The molecule has 0 saturated carbocycles. The van der Waals surface area contributed by atoms with E-state index in [1.165, 1.54) is 11.6 Å². The summed E-state index contributed by atoms with van der Waals surface area (Å²) < 4.78 is 5.11. The first kappa shape index (κ1) is 15.0. The summed E-state index contributed by atoms with van der Waals surface area (Å²) in [6, 6.07) is 14.6. The minimum atomic E-state index is -0.374. The molecular weight excluding hydrogens is 268 g/mol. The molecule has 2 aromatic rings. The molecule has 1 N–H and O–H groups in total. The lowest BCUT2D eigenvalue weighted by atomic mass is 10.1. The number of nitrogens with one attached hydrogen (secondary N) is 1. The number of nitrogens with zero attached hydrogens (tertiary/aromatic N) is 1. The van der Waals surface area contributed by atoms with E-state index in [1.807, 2.05) is 30.3 Å². The van der Waals surface area contributed by atoms with Gasteiger partial charge in [0.2, 0.25) is 0 Å². The third kappa shape index (κ3) is 4.57. The fourth-order valence-electron chi connectivity index (χ4n) is 2.04. The number of hydrogen-bond donors (Lipinski definition) is 1. The third-order valence-corrected chi connectivity index (χ3v) is 3.20. The lowest BCUT2D eigenvalue weighted by Gasteiger charge is -2.06. The zero-order valence-corrected chi connectivity index (χ0v) is 11.9. The fourth-order valence-corrected chi connectivity index (χ4v) is 2.04. The molecule has 0 atom stereocenters. The molecule has 5 heteroatoms. The molecule has 0 amide bonds. The van der Waals surface area contributed by atoms with E-state index in [0.29, 0.717) is 6.54 Å². The molecule has 21 heavy (non-hydrogen) atoms. The SMILES string of the molecule is COc1ccc(CCNCc2cccc([N+](=O)[O-])c2)cc1. The van der Waals surface area contributed by atoms with Gasteiger partial charge in [0.1, 0.15) is 5.75 Å². The summed E-state index contributed by atoms with van der Waals surface area (Å²) in [5.41, 5.74) is 2.27. The summed E-state index contributed by atoms with van der Waals surface area (Å²) in [5.74, 6) is 0.850. The minimum Gasteiger partial charge on any atom is -0.497 e. The zero-order valence-electron chi connectivity index (χ0n) is 11.9. The van der Waals surface area contributed by atoms with Crippen LogP contribution in [0.4, 0.5) is 5.69 Å². The van der Waals surface area contributed by atoms with Crippen molar-refractivity contribution in [1.82, 2.24) is 5.32 Å². The number of nitro groups is 1. The van der Waals surface area contributed by atoms with Gasteiger partial charge in [0.25, 0.3) is 5.69 Å². The fraction of sp³-hybridized carbons (Fsp3) is 0.250. The van der Waals surface area contributed by atoms with Gasteiger partial charge >= 0.3 is 0 Å². The van der Waals surface area contributed by atoms with Crippen LogP contribution in [0, 0.1) is 10.1 Å². The zero-order chi connectivity index (χ0) is 15.1. The number of non-ortho nitro benzene ring substituents is 1. The van der Waals surface area contributed by atoms with E-state index < -0.39 is 0 Å². The van der Waals surface area contributed by atoms with Gasteiger partial charge in [-0.1, -0.05) is 24.3 Å². The van der Waals surface area contributed by atoms with Gasteiger partial charge in [-0.25, -0.2) is 0 Å². The normalized spacial score (nSPS) is 10.3. The van der Waals surface area contributed by atoms with E-state index in [4.69, 9.17) is 4.74 Å². The molecule has 0 aliphatic carbocycles. The summed E-state index contributed by atoms with van der Waals surface area (Å²) in [6.45, 7) is 1.44. The van der Waals surface area contributed by atoms with Crippen molar-refractivity contribution in [3.63, 3.8) is 0 Å². The lowest BCUT2D eigenvalue weighted by molar-refractivity contribution is -0.384. The molecule has 0 spiro atoms. The summed E-state index contributed by atoms with van der Waals surface area (Å²) >= 11 is 0. The van der Waals surface area contributed by atoms with Crippen molar-refractivity contribution in [3.8, 4) is 5.75 Å². The van der Waals surface area contributed by atoms with E-state index in [0.717, 1.165) is 24.3 Å². The summed E-state index contributed by atoms with van der Waals surface area (Å²) in [6.07, 6.45) is 0.902. The van der Waals surface area contributed by atoms with Crippen LogP contribution < -0.4 is 10.1 Å². The van der Waals surface area contributed by atoms with Crippen molar-refractivity contribution < 1.29 is 9.66 Å². The first-order valence-corrected chi connectivity index (χ1v) is 6.76. The summed E-state index contributed by atoms with van der Waals surface area (Å²) in [5, 5.41) is 14.0. The van der Waals surface area contributed by atoms with Gasteiger partial charge < -0.3 is 10.1 Å². The third-order valence-electron chi connectivity index (χ3n) is 3.20. The van der Waals surface area contributed by atoms with Gasteiger partial charge in [-0.05, 0) is 36.2 Å². The largest absolute Gasteiger partial charge is 0.497 e. The number of nitro benzene ring substituents is 1. The van der Waals surface area contributed by atoms with Crippen LogP contribution in [0.15, 0.2) is 48.5 Å². The molecular formula is C16H18N2O3. The van der Waals surface area contributed by atoms with E-state index in [1.54, 1.807) is 19.2 Å². The highest BCUT2D eigenvalue weighted by molar-refractivity contribution is 5.34. The number of rotatable bonds is 7. The number of methoxy groups -OCH3 is 1. The second-order valence-electron chi connectivity index (χ2n) is 4.70. The van der Waals surface area contributed by atoms with Gasteiger partial charge in [0.05, 0.1) is 12.0 Å². The molecule has 5 nitrogen and oxygen atoms in total. The molecule has 0 fully saturated rings. The van der Waals surface area contributed by atoms with E-state index in [9.17, 15) is 10.1 Å². The van der Waals surface area contributed by atoms with Crippen molar-refractivity contribution in [2.45, 2.75) is 13.0 Å². The standard InChI is InChI=1S/C16H18N2O3/c1-21-16-7-5-13(6-8-16)9-10-17-12-14-3-2-4-15(11-14)18(19)20/h2-8,11,17H,9-10,12H2,1H3. The molecule has 0 radical (unpaired) electrons. The Hall–Kier alpha value is -2.40. The van der Waals surface area contributed by atoms with Crippen LogP contribution in [0.2, 0.25) is 0 Å². The Labute approximate surface area is 123 Å². The highest BCUT2D eigenvalue weighted by Gasteiger charge is 2.04. The van der Waals surface area contributed by atoms with Gasteiger partial charge in [-0.15, -0.1) is 0 Å². The number of ether oxygens (including phenoxy) is 1. The molecule has 0 unspecified atom stereocenters. The lowest BCUT2D eigenvalue weighted by Crippen LogP contribution is -2.16. The van der Waals surface area contributed by atoms with E-state index >= 15 is 0 Å². The molecule has 0 saturated heterocycles. The molecule has 0 aliphatic heterocycles. The molecule has 2 aromatic carbocycles. The average molecular weight is 286 g/mol. The topological polar surface area (TPSA) is 64.4 Å². The predicted molar refractivity (Wildman–Crippen MR) is 81.5 cm³/mol. The van der Waals surface area contributed by atoms with Crippen LogP contribution >= 0.6 is 0 Å². The van der Waals surface area contributed by atoms with Crippen LogP contribution in [0.5, 0.6) is 5.75 Å². The highest BCUT2D eigenvalue weighted by atomic mass is 16.6. The summed E-state index contributed by atoms with van der Waals surface area (Å²) in [7, 11) is 1.65. The average Bonchev–Trinajstić information content (AvgIpc) is 2.52. The maximum Gasteiger partial charge on any atom is 0.269 e. The first-order valence-electron chi connectivity index (χ1n) is 6.76. The Balaban J connectivity index is 1.78.